The highest BCUT2D eigenvalue weighted by Crippen LogP contribution is 2.16. The summed E-state index contributed by atoms with van der Waals surface area (Å²) in [6.07, 6.45) is 4.44. The van der Waals surface area contributed by atoms with Gasteiger partial charge in [0.05, 0.1) is 0 Å². The number of allylic oxidation sites excluding steroid dienone is 1. The van der Waals surface area contributed by atoms with Crippen molar-refractivity contribution in [3.63, 3.8) is 0 Å². The number of hydrogen-bond acceptors (Lipinski definition) is 0. The quantitative estimate of drug-likeness (QED) is 0.507. The van der Waals surface area contributed by atoms with E-state index in [4.69, 9.17) is 11.6 Å². The summed E-state index contributed by atoms with van der Waals surface area (Å²) in [7, 11) is 0. The van der Waals surface area contributed by atoms with E-state index in [1.54, 1.807) is 12.1 Å². The maximum absolute atomic E-state index is 13.2. The first-order valence-electron chi connectivity index (χ1n) is 4.29. The van der Waals surface area contributed by atoms with Gasteiger partial charge in [0.1, 0.15) is 5.82 Å². The largest absolute Gasteiger partial charge is 0.207 e. The number of halogens is 2. The Balaban J connectivity index is 2.61. The molecule has 0 radical (unpaired) electrons. The number of rotatable bonds is 4. The minimum Gasteiger partial charge on any atom is -0.207 e. The number of benzene rings is 1. The maximum atomic E-state index is 13.2. The third-order valence-electron chi connectivity index (χ3n) is 1.87. The molecule has 0 amide bonds. The first kappa shape index (κ1) is 10.3. The Hall–Kier alpha value is -0.820. The van der Waals surface area contributed by atoms with Crippen LogP contribution in [0.4, 0.5) is 4.39 Å². The van der Waals surface area contributed by atoms with E-state index in [1.807, 2.05) is 6.08 Å². The van der Waals surface area contributed by atoms with E-state index in [0.29, 0.717) is 5.02 Å². The summed E-state index contributed by atoms with van der Waals surface area (Å²) in [6.45, 7) is 3.61. The zero-order valence-electron chi connectivity index (χ0n) is 7.39. The van der Waals surface area contributed by atoms with Gasteiger partial charge in [-0.3, -0.25) is 0 Å². The second-order valence-corrected chi connectivity index (χ2v) is 3.35. The molecule has 1 aromatic carbocycles. The molecular weight excluding hydrogens is 187 g/mol. The van der Waals surface area contributed by atoms with Gasteiger partial charge in [0.2, 0.25) is 0 Å². The van der Waals surface area contributed by atoms with Crippen LogP contribution in [0.3, 0.4) is 0 Å². The molecule has 2 heteroatoms. The molecule has 0 aromatic heterocycles. The number of aryl methyl sites for hydroxylation is 1. The Labute approximate surface area is 83.0 Å². The summed E-state index contributed by atoms with van der Waals surface area (Å²) in [4.78, 5) is 0. The van der Waals surface area contributed by atoms with Crippen LogP contribution in [0.25, 0.3) is 0 Å². The first-order valence-corrected chi connectivity index (χ1v) is 4.66. The van der Waals surface area contributed by atoms with Gasteiger partial charge < -0.3 is 0 Å². The topological polar surface area (TPSA) is 0 Å². The van der Waals surface area contributed by atoms with Gasteiger partial charge in [0.25, 0.3) is 0 Å². The van der Waals surface area contributed by atoms with Gasteiger partial charge >= 0.3 is 0 Å². The van der Waals surface area contributed by atoms with Crippen molar-refractivity contribution < 1.29 is 4.39 Å². The molecule has 0 atom stereocenters. The summed E-state index contributed by atoms with van der Waals surface area (Å²) >= 11 is 5.62. The van der Waals surface area contributed by atoms with Crippen LogP contribution in [0.5, 0.6) is 0 Å². The predicted octanol–water partition coefficient (Wildman–Crippen LogP) is 3.99. The van der Waals surface area contributed by atoms with Crippen molar-refractivity contribution in [1.82, 2.24) is 0 Å². The Kier molecular flexibility index (Phi) is 3.97. The van der Waals surface area contributed by atoms with Crippen LogP contribution < -0.4 is 0 Å². The maximum Gasteiger partial charge on any atom is 0.127 e. The van der Waals surface area contributed by atoms with E-state index in [1.165, 1.54) is 6.07 Å². The van der Waals surface area contributed by atoms with Crippen molar-refractivity contribution in [2.75, 3.05) is 0 Å². The highest BCUT2D eigenvalue weighted by molar-refractivity contribution is 6.30. The summed E-state index contributed by atoms with van der Waals surface area (Å²) in [5.41, 5.74) is 0.728. The minimum absolute atomic E-state index is 0.212. The lowest BCUT2D eigenvalue weighted by Crippen LogP contribution is -1.89. The van der Waals surface area contributed by atoms with Crippen molar-refractivity contribution in [3.8, 4) is 0 Å². The fourth-order valence-electron chi connectivity index (χ4n) is 1.16. The van der Waals surface area contributed by atoms with E-state index in [-0.39, 0.29) is 5.82 Å². The van der Waals surface area contributed by atoms with Gasteiger partial charge in [-0.2, -0.15) is 0 Å². The van der Waals surface area contributed by atoms with Gasteiger partial charge in [0.15, 0.2) is 0 Å². The first-order chi connectivity index (χ1) is 6.24. The van der Waals surface area contributed by atoms with E-state index < -0.39 is 0 Å². The van der Waals surface area contributed by atoms with E-state index in [2.05, 4.69) is 6.58 Å². The molecule has 0 fully saturated rings. The van der Waals surface area contributed by atoms with Gasteiger partial charge in [-0.25, -0.2) is 4.39 Å². The Morgan fingerprint density at radius 2 is 2.23 bits per heavy atom. The average molecular weight is 199 g/mol. The van der Waals surface area contributed by atoms with Crippen LogP contribution in [0, 0.1) is 5.82 Å². The van der Waals surface area contributed by atoms with Crippen LogP contribution in [-0.4, -0.2) is 0 Å². The number of unbranched alkanes of at least 4 members (excludes halogenated alkanes) is 1. The zero-order chi connectivity index (χ0) is 9.68. The molecule has 13 heavy (non-hydrogen) atoms. The zero-order valence-corrected chi connectivity index (χ0v) is 8.15. The van der Waals surface area contributed by atoms with Crippen molar-refractivity contribution in [1.29, 1.82) is 0 Å². The summed E-state index contributed by atoms with van der Waals surface area (Å²) in [5.74, 6) is -0.212. The molecule has 0 saturated carbocycles. The third kappa shape index (κ3) is 3.19. The van der Waals surface area contributed by atoms with Gasteiger partial charge in [0, 0.05) is 5.02 Å². The van der Waals surface area contributed by atoms with Crippen LogP contribution in [-0.2, 0) is 6.42 Å². The molecular formula is C11H12ClF. The van der Waals surface area contributed by atoms with Crippen molar-refractivity contribution >= 4 is 11.6 Å². The van der Waals surface area contributed by atoms with Crippen molar-refractivity contribution in [3.05, 3.63) is 47.3 Å². The Morgan fingerprint density at radius 3 is 2.85 bits per heavy atom. The van der Waals surface area contributed by atoms with E-state index in [0.717, 1.165) is 24.8 Å². The minimum atomic E-state index is -0.212. The fraction of sp³-hybridized carbons (Fsp3) is 0.273. The third-order valence-corrected chi connectivity index (χ3v) is 2.10. The van der Waals surface area contributed by atoms with Gasteiger partial charge in [-0.15, -0.1) is 6.58 Å². The van der Waals surface area contributed by atoms with E-state index >= 15 is 0 Å². The molecule has 0 aliphatic rings. The molecule has 0 bridgehead atoms. The van der Waals surface area contributed by atoms with Crippen molar-refractivity contribution in [2.45, 2.75) is 19.3 Å². The average Bonchev–Trinajstić information content (AvgIpc) is 2.09. The molecule has 0 heterocycles. The smallest absolute Gasteiger partial charge is 0.127 e. The molecule has 1 aromatic rings. The molecule has 0 saturated heterocycles. The highest BCUT2D eigenvalue weighted by atomic mass is 35.5. The van der Waals surface area contributed by atoms with Crippen LogP contribution in [0.2, 0.25) is 5.02 Å². The van der Waals surface area contributed by atoms with E-state index in [9.17, 15) is 4.39 Å². The predicted molar refractivity (Wildman–Crippen MR) is 54.5 cm³/mol. The fourth-order valence-corrected chi connectivity index (χ4v) is 1.32. The van der Waals surface area contributed by atoms with Gasteiger partial charge in [-0.1, -0.05) is 23.7 Å². The van der Waals surface area contributed by atoms with Crippen molar-refractivity contribution in [2.24, 2.45) is 0 Å². The van der Waals surface area contributed by atoms with Gasteiger partial charge in [-0.05, 0) is 37.0 Å². The molecule has 0 N–H and O–H groups in total. The summed E-state index contributed by atoms with van der Waals surface area (Å²) in [5, 5.41) is 0.449. The summed E-state index contributed by atoms with van der Waals surface area (Å²) < 4.78 is 13.2. The monoisotopic (exact) mass is 198 g/mol. The lowest BCUT2D eigenvalue weighted by atomic mass is 10.1. The standard InChI is InChI=1S/C11H12ClF/c1-2-3-4-5-9-6-7-10(12)8-11(9)13/h2,6-8H,1,3-5H2. The molecule has 70 valence electrons. The molecule has 0 spiro atoms. The second kappa shape index (κ2) is 5.03. The molecule has 0 aliphatic carbocycles. The van der Waals surface area contributed by atoms with Crippen LogP contribution in [0.15, 0.2) is 30.9 Å². The summed E-state index contributed by atoms with van der Waals surface area (Å²) in [6, 6.07) is 4.80. The van der Waals surface area contributed by atoms with Crippen LogP contribution >= 0.6 is 11.6 Å². The molecule has 0 unspecified atom stereocenters. The molecule has 0 nitrogen and oxygen atoms in total. The Morgan fingerprint density at radius 1 is 1.46 bits per heavy atom. The normalized spacial score (nSPS) is 10.0. The molecule has 1 rings (SSSR count). The lowest BCUT2D eigenvalue weighted by Gasteiger charge is -2.01. The second-order valence-electron chi connectivity index (χ2n) is 2.92. The SMILES string of the molecule is C=CCCCc1ccc(Cl)cc1F. The molecule has 0 aliphatic heterocycles. The lowest BCUT2D eigenvalue weighted by molar-refractivity contribution is 0.605. The Bertz CT molecular complexity index is 294. The van der Waals surface area contributed by atoms with Crippen LogP contribution in [0.1, 0.15) is 18.4 Å². The highest BCUT2D eigenvalue weighted by Gasteiger charge is 2.01. The number of hydrogen-bond donors (Lipinski definition) is 0.